The summed E-state index contributed by atoms with van der Waals surface area (Å²) in [5, 5.41) is 4.66. The lowest BCUT2D eigenvalue weighted by Gasteiger charge is -2.36. The Kier molecular flexibility index (Phi) is 3.85. The third kappa shape index (κ3) is 2.62. The van der Waals surface area contributed by atoms with Crippen LogP contribution in [0.25, 0.3) is 0 Å². The number of rotatable bonds is 4. The maximum atomic E-state index is 6.84. The Morgan fingerprint density at radius 1 is 1.29 bits per heavy atom. The molecule has 1 atom stereocenters. The van der Waals surface area contributed by atoms with Crippen LogP contribution in [-0.2, 0) is 31.3 Å². The molecule has 2 aromatic rings. The van der Waals surface area contributed by atoms with Crippen LogP contribution in [-0.4, -0.2) is 9.78 Å². The lowest BCUT2D eigenvalue weighted by molar-refractivity contribution is 0.359. The van der Waals surface area contributed by atoms with Crippen LogP contribution < -0.4 is 5.73 Å². The molecule has 0 radical (unpaired) electrons. The second-order valence-electron chi connectivity index (χ2n) is 6.14. The van der Waals surface area contributed by atoms with Gasteiger partial charge in [-0.2, -0.15) is 5.10 Å². The van der Waals surface area contributed by atoms with E-state index in [-0.39, 0.29) is 5.54 Å². The topological polar surface area (TPSA) is 43.8 Å². The first-order valence-corrected chi connectivity index (χ1v) is 8.09. The summed E-state index contributed by atoms with van der Waals surface area (Å²) in [5.41, 5.74) is 11.8. The van der Waals surface area contributed by atoms with Crippen molar-refractivity contribution in [1.29, 1.82) is 0 Å². The number of aromatic nitrogens is 2. The maximum Gasteiger partial charge on any atom is 0.0624 e. The highest BCUT2D eigenvalue weighted by atomic mass is 15.3. The van der Waals surface area contributed by atoms with Gasteiger partial charge in [-0.1, -0.05) is 31.2 Å². The van der Waals surface area contributed by atoms with Crippen LogP contribution >= 0.6 is 0 Å². The monoisotopic (exact) mass is 283 g/mol. The summed E-state index contributed by atoms with van der Waals surface area (Å²) in [4.78, 5) is 0. The molecule has 1 aliphatic rings. The summed E-state index contributed by atoms with van der Waals surface area (Å²) in [6, 6.07) is 10.9. The van der Waals surface area contributed by atoms with Gasteiger partial charge in [0.15, 0.2) is 0 Å². The van der Waals surface area contributed by atoms with Crippen LogP contribution in [0.15, 0.2) is 30.3 Å². The highest BCUT2D eigenvalue weighted by Crippen LogP contribution is 2.35. The number of hydrogen-bond acceptors (Lipinski definition) is 2. The summed E-state index contributed by atoms with van der Waals surface area (Å²) in [6.45, 7) is 5.21. The molecule has 0 amide bonds. The smallest absolute Gasteiger partial charge is 0.0624 e. The molecule has 0 saturated heterocycles. The van der Waals surface area contributed by atoms with E-state index in [1.807, 2.05) is 0 Å². The van der Waals surface area contributed by atoms with Crippen LogP contribution in [0.3, 0.4) is 0 Å². The third-order valence-corrected chi connectivity index (χ3v) is 4.70. The van der Waals surface area contributed by atoms with Crippen molar-refractivity contribution >= 4 is 0 Å². The number of nitrogens with zero attached hydrogens (tertiary/aromatic N) is 2. The van der Waals surface area contributed by atoms with E-state index in [0.717, 1.165) is 32.2 Å². The molecule has 1 aromatic carbocycles. The molecule has 21 heavy (non-hydrogen) atoms. The van der Waals surface area contributed by atoms with Gasteiger partial charge in [0.2, 0.25) is 0 Å². The number of nitrogens with two attached hydrogens (primary N) is 1. The average Bonchev–Trinajstić information content (AvgIpc) is 2.89. The minimum atomic E-state index is -0.243. The molecule has 0 bridgehead atoms. The van der Waals surface area contributed by atoms with Crippen molar-refractivity contribution in [3.05, 3.63) is 52.8 Å². The predicted octanol–water partition coefficient (Wildman–Crippen LogP) is 3.20. The molecule has 3 rings (SSSR count). The largest absolute Gasteiger partial charge is 0.321 e. The van der Waals surface area contributed by atoms with Gasteiger partial charge in [0.25, 0.3) is 0 Å². The number of aryl methyl sites for hydroxylation is 3. The van der Waals surface area contributed by atoms with E-state index in [1.165, 1.54) is 28.9 Å². The van der Waals surface area contributed by atoms with E-state index in [0.29, 0.717) is 0 Å². The normalized spacial score (nSPS) is 21.3. The number of benzene rings is 1. The van der Waals surface area contributed by atoms with Crippen molar-refractivity contribution < 1.29 is 0 Å². The highest BCUT2D eigenvalue weighted by molar-refractivity contribution is 5.37. The molecule has 1 unspecified atom stereocenters. The van der Waals surface area contributed by atoms with Gasteiger partial charge >= 0.3 is 0 Å². The van der Waals surface area contributed by atoms with Crippen molar-refractivity contribution in [1.82, 2.24) is 9.78 Å². The molecular weight excluding hydrogens is 258 g/mol. The lowest BCUT2D eigenvalue weighted by Crippen LogP contribution is -2.42. The van der Waals surface area contributed by atoms with Crippen molar-refractivity contribution in [3.63, 3.8) is 0 Å². The van der Waals surface area contributed by atoms with Crippen LogP contribution in [0.4, 0.5) is 0 Å². The molecule has 1 heterocycles. The molecule has 0 fully saturated rings. The summed E-state index contributed by atoms with van der Waals surface area (Å²) in [6.07, 6.45) is 5.25. The minimum absolute atomic E-state index is 0.243. The fourth-order valence-electron chi connectivity index (χ4n) is 3.56. The molecule has 0 aliphatic heterocycles. The van der Waals surface area contributed by atoms with Crippen molar-refractivity contribution in [2.24, 2.45) is 5.73 Å². The number of hydrogen-bond donors (Lipinski definition) is 1. The summed E-state index contributed by atoms with van der Waals surface area (Å²) >= 11 is 0. The van der Waals surface area contributed by atoms with Gasteiger partial charge in [-0.25, -0.2) is 0 Å². The van der Waals surface area contributed by atoms with Crippen LogP contribution in [0.1, 0.15) is 49.2 Å². The van der Waals surface area contributed by atoms with Gasteiger partial charge in [-0.15, -0.1) is 0 Å². The van der Waals surface area contributed by atoms with Gasteiger partial charge in [0.05, 0.1) is 5.69 Å². The van der Waals surface area contributed by atoms with Gasteiger partial charge in [-0.3, -0.25) is 4.68 Å². The Morgan fingerprint density at radius 2 is 2.10 bits per heavy atom. The quantitative estimate of drug-likeness (QED) is 0.936. The zero-order valence-corrected chi connectivity index (χ0v) is 13.1. The zero-order chi connectivity index (χ0) is 14.9. The standard InChI is InChI=1S/C18H25N3/c1-3-15-12-16(21(4-2)20-15)13-18(19)11-7-9-14-8-5-6-10-17(14)18/h5-6,8,10,12H,3-4,7,9,11,13,19H2,1-2H3. The Labute approximate surface area is 127 Å². The average molecular weight is 283 g/mol. The Bertz CT molecular complexity index is 629. The zero-order valence-electron chi connectivity index (χ0n) is 13.1. The first-order chi connectivity index (χ1) is 10.2. The van der Waals surface area contributed by atoms with Crippen LogP contribution in [0.5, 0.6) is 0 Å². The minimum Gasteiger partial charge on any atom is -0.321 e. The lowest BCUT2D eigenvalue weighted by atomic mass is 9.74. The first kappa shape index (κ1) is 14.3. The summed E-state index contributed by atoms with van der Waals surface area (Å²) in [5.74, 6) is 0. The van der Waals surface area contributed by atoms with E-state index >= 15 is 0 Å². The summed E-state index contributed by atoms with van der Waals surface area (Å²) in [7, 11) is 0. The maximum absolute atomic E-state index is 6.84. The Morgan fingerprint density at radius 3 is 2.86 bits per heavy atom. The molecule has 3 nitrogen and oxygen atoms in total. The Balaban J connectivity index is 1.96. The molecule has 3 heteroatoms. The van der Waals surface area contributed by atoms with Gasteiger partial charge in [-0.05, 0) is 49.8 Å². The van der Waals surface area contributed by atoms with Crippen molar-refractivity contribution in [2.75, 3.05) is 0 Å². The SMILES string of the molecule is CCc1cc(CC2(N)CCCc3ccccc32)n(CC)n1. The fourth-order valence-corrected chi connectivity index (χ4v) is 3.56. The molecule has 1 aromatic heterocycles. The summed E-state index contributed by atoms with van der Waals surface area (Å²) < 4.78 is 2.12. The van der Waals surface area contributed by atoms with Crippen LogP contribution in [0, 0.1) is 0 Å². The molecule has 1 aliphatic carbocycles. The van der Waals surface area contributed by atoms with E-state index in [2.05, 4.69) is 54.0 Å². The van der Waals surface area contributed by atoms with Gasteiger partial charge in [0.1, 0.15) is 0 Å². The number of fused-ring (bicyclic) bond motifs is 1. The highest BCUT2D eigenvalue weighted by Gasteiger charge is 2.33. The van der Waals surface area contributed by atoms with E-state index in [9.17, 15) is 0 Å². The molecule has 2 N–H and O–H groups in total. The van der Waals surface area contributed by atoms with Crippen molar-refractivity contribution in [2.45, 2.75) is 58.0 Å². The Hall–Kier alpha value is -1.61. The van der Waals surface area contributed by atoms with Gasteiger partial charge in [0, 0.05) is 24.2 Å². The fraction of sp³-hybridized carbons (Fsp3) is 0.500. The molecule has 0 saturated carbocycles. The first-order valence-electron chi connectivity index (χ1n) is 8.09. The molecule has 112 valence electrons. The molecule has 0 spiro atoms. The predicted molar refractivity (Wildman–Crippen MR) is 86.2 cm³/mol. The molecular formula is C18H25N3. The van der Waals surface area contributed by atoms with Crippen LogP contribution in [0.2, 0.25) is 0 Å². The second-order valence-corrected chi connectivity index (χ2v) is 6.14. The van der Waals surface area contributed by atoms with E-state index in [1.54, 1.807) is 0 Å². The third-order valence-electron chi connectivity index (χ3n) is 4.70. The van der Waals surface area contributed by atoms with Crippen molar-refractivity contribution in [3.8, 4) is 0 Å². The van der Waals surface area contributed by atoms with E-state index < -0.39 is 0 Å². The van der Waals surface area contributed by atoms with E-state index in [4.69, 9.17) is 5.73 Å². The van der Waals surface area contributed by atoms with Gasteiger partial charge < -0.3 is 5.73 Å². The second kappa shape index (κ2) is 5.64.